The number of nitrogens with two attached hydrogens (primary N) is 1. The molecule has 0 aliphatic rings. The molecule has 0 saturated heterocycles. The monoisotopic (exact) mass is 454 g/mol. The molecule has 0 bridgehead atoms. The Morgan fingerprint density at radius 1 is 0.970 bits per heavy atom. The molecule has 172 valence electrons. The van der Waals surface area contributed by atoms with Gasteiger partial charge in [-0.2, -0.15) is 0 Å². The van der Waals surface area contributed by atoms with Gasteiger partial charge in [-0.1, -0.05) is 6.07 Å². The SMILES string of the molecule is CN(C)CCOC(=O)Nc1ccc(C(=O)Nc2cc(-c3ccc(F)cc3F)ccc2N)cc1. The zero-order valence-corrected chi connectivity index (χ0v) is 18.2. The summed E-state index contributed by atoms with van der Waals surface area (Å²) in [7, 11) is 3.74. The Hall–Kier alpha value is -3.98. The number of likely N-dealkylation sites (N-methyl/N-ethyl adjacent to an activating group) is 1. The van der Waals surface area contributed by atoms with Crippen molar-refractivity contribution in [1.82, 2.24) is 4.90 Å². The maximum absolute atomic E-state index is 14.1. The molecule has 0 fully saturated rings. The van der Waals surface area contributed by atoms with Crippen LogP contribution in [0.5, 0.6) is 0 Å². The molecule has 0 atom stereocenters. The number of nitrogens with one attached hydrogen (secondary N) is 2. The second kappa shape index (κ2) is 10.6. The number of hydrogen-bond donors (Lipinski definition) is 3. The molecule has 0 radical (unpaired) electrons. The second-order valence-corrected chi connectivity index (χ2v) is 7.52. The van der Waals surface area contributed by atoms with Crippen LogP contribution in [0.2, 0.25) is 0 Å². The Labute approximate surface area is 190 Å². The predicted octanol–water partition coefficient (Wildman–Crippen LogP) is 4.58. The molecule has 0 spiro atoms. The van der Waals surface area contributed by atoms with E-state index in [1.165, 1.54) is 30.3 Å². The van der Waals surface area contributed by atoms with Crippen molar-refractivity contribution in [1.29, 1.82) is 0 Å². The summed E-state index contributed by atoms with van der Waals surface area (Å²) in [5.41, 5.74) is 7.93. The van der Waals surface area contributed by atoms with Crippen LogP contribution in [0.15, 0.2) is 60.7 Å². The van der Waals surface area contributed by atoms with E-state index in [9.17, 15) is 18.4 Å². The number of ether oxygens (including phenoxy) is 1. The molecule has 9 heteroatoms. The van der Waals surface area contributed by atoms with Crippen LogP contribution in [-0.2, 0) is 4.74 Å². The summed E-state index contributed by atoms with van der Waals surface area (Å²) >= 11 is 0. The number of nitrogens with zero attached hydrogens (tertiary/aromatic N) is 1. The third-order valence-electron chi connectivity index (χ3n) is 4.71. The summed E-state index contributed by atoms with van der Waals surface area (Å²) in [5, 5.41) is 5.27. The van der Waals surface area contributed by atoms with E-state index in [0.717, 1.165) is 12.1 Å². The first kappa shape index (κ1) is 23.7. The fourth-order valence-electron chi connectivity index (χ4n) is 2.93. The summed E-state index contributed by atoms with van der Waals surface area (Å²) in [6, 6.07) is 14.1. The summed E-state index contributed by atoms with van der Waals surface area (Å²) in [5.74, 6) is -1.85. The van der Waals surface area contributed by atoms with Crippen molar-refractivity contribution in [3.8, 4) is 11.1 Å². The van der Waals surface area contributed by atoms with E-state index < -0.39 is 23.6 Å². The molecule has 0 heterocycles. The molecule has 7 nitrogen and oxygen atoms in total. The van der Waals surface area contributed by atoms with Crippen molar-refractivity contribution in [3.63, 3.8) is 0 Å². The summed E-state index contributed by atoms with van der Waals surface area (Å²) < 4.78 is 32.4. The quantitative estimate of drug-likeness (QED) is 0.454. The van der Waals surface area contributed by atoms with Crippen LogP contribution in [0.25, 0.3) is 11.1 Å². The molecule has 3 aromatic carbocycles. The number of anilines is 3. The normalized spacial score (nSPS) is 10.7. The minimum absolute atomic E-state index is 0.180. The topological polar surface area (TPSA) is 96.7 Å². The Morgan fingerprint density at radius 3 is 2.36 bits per heavy atom. The zero-order chi connectivity index (χ0) is 24.0. The van der Waals surface area contributed by atoms with Crippen molar-refractivity contribution in [2.75, 3.05) is 43.6 Å². The Kier molecular flexibility index (Phi) is 7.57. The highest BCUT2D eigenvalue weighted by atomic mass is 19.1. The minimum atomic E-state index is -0.722. The summed E-state index contributed by atoms with van der Waals surface area (Å²) in [6.45, 7) is 0.853. The first-order valence-electron chi connectivity index (χ1n) is 10.1. The van der Waals surface area contributed by atoms with Crippen LogP contribution < -0.4 is 16.4 Å². The van der Waals surface area contributed by atoms with Crippen LogP contribution in [0.4, 0.5) is 30.6 Å². The second-order valence-electron chi connectivity index (χ2n) is 7.52. The van der Waals surface area contributed by atoms with Gasteiger partial charge >= 0.3 is 6.09 Å². The third-order valence-corrected chi connectivity index (χ3v) is 4.71. The number of rotatable bonds is 7. The van der Waals surface area contributed by atoms with Gasteiger partial charge in [0.2, 0.25) is 0 Å². The van der Waals surface area contributed by atoms with Gasteiger partial charge in [-0.25, -0.2) is 13.6 Å². The van der Waals surface area contributed by atoms with E-state index in [1.54, 1.807) is 18.2 Å². The van der Waals surface area contributed by atoms with E-state index in [-0.39, 0.29) is 23.5 Å². The highest BCUT2D eigenvalue weighted by Crippen LogP contribution is 2.29. The fourth-order valence-corrected chi connectivity index (χ4v) is 2.93. The molecule has 0 aliphatic carbocycles. The zero-order valence-electron chi connectivity index (χ0n) is 18.2. The molecule has 3 rings (SSSR count). The van der Waals surface area contributed by atoms with Gasteiger partial charge in [0.05, 0.1) is 11.4 Å². The predicted molar refractivity (Wildman–Crippen MR) is 124 cm³/mol. The number of halogens is 2. The molecule has 0 aliphatic heterocycles. The number of carbonyl (C=O) groups excluding carboxylic acids is 2. The van der Waals surface area contributed by atoms with Crippen LogP contribution in [-0.4, -0.2) is 44.1 Å². The van der Waals surface area contributed by atoms with Crippen molar-refractivity contribution < 1.29 is 23.1 Å². The average molecular weight is 454 g/mol. The largest absolute Gasteiger partial charge is 0.448 e. The smallest absolute Gasteiger partial charge is 0.411 e. The van der Waals surface area contributed by atoms with E-state index in [4.69, 9.17) is 10.5 Å². The number of nitrogen functional groups attached to an aromatic ring is 1. The number of carbonyl (C=O) groups is 2. The molecular formula is C24H24F2N4O3. The van der Waals surface area contributed by atoms with Gasteiger partial charge in [-0.05, 0) is 68.2 Å². The molecule has 0 unspecified atom stereocenters. The Balaban J connectivity index is 1.67. The number of benzene rings is 3. The lowest BCUT2D eigenvalue weighted by molar-refractivity contribution is 0.102. The van der Waals surface area contributed by atoms with Crippen LogP contribution >= 0.6 is 0 Å². The Bertz CT molecular complexity index is 1150. The minimum Gasteiger partial charge on any atom is -0.448 e. The Morgan fingerprint density at radius 2 is 1.70 bits per heavy atom. The van der Waals surface area contributed by atoms with Gasteiger partial charge in [0, 0.05) is 29.4 Å². The van der Waals surface area contributed by atoms with Crippen LogP contribution in [0, 0.1) is 11.6 Å². The molecular weight excluding hydrogens is 430 g/mol. The van der Waals surface area contributed by atoms with Crippen molar-refractivity contribution in [3.05, 3.63) is 77.9 Å². The highest BCUT2D eigenvalue weighted by molar-refractivity contribution is 6.06. The first-order chi connectivity index (χ1) is 15.7. The summed E-state index contributed by atoms with van der Waals surface area (Å²) in [4.78, 5) is 26.3. The lowest BCUT2D eigenvalue weighted by atomic mass is 10.0. The molecule has 0 aromatic heterocycles. The summed E-state index contributed by atoms with van der Waals surface area (Å²) in [6.07, 6.45) is -0.591. The lowest BCUT2D eigenvalue weighted by Gasteiger charge is -2.12. The number of hydrogen-bond acceptors (Lipinski definition) is 5. The molecule has 3 aromatic rings. The van der Waals surface area contributed by atoms with Gasteiger partial charge in [-0.15, -0.1) is 0 Å². The van der Waals surface area contributed by atoms with E-state index in [2.05, 4.69) is 10.6 Å². The van der Waals surface area contributed by atoms with Gasteiger partial charge < -0.3 is 20.7 Å². The average Bonchev–Trinajstić information content (AvgIpc) is 2.75. The van der Waals surface area contributed by atoms with Gasteiger partial charge in [-0.3, -0.25) is 10.1 Å². The van der Waals surface area contributed by atoms with E-state index in [0.29, 0.717) is 23.4 Å². The maximum Gasteiger partial charge on any atom is 0.411 e. The van der Waals surface area contributed by atoms with E-state index >= 15 is 0 Å². The first-order valence-corrected chi connectivity index (χ1v) is 10.1. The molecule has 33 heavy (non-hydrogen) atoms. The highest BCUT2D eigenvalue weighted by Gasteiger charge is 2.12. The maximum atomic E-state index is 14.1. The molecule has 2 amide bonds. The molecule has 0 saturated carbocycles. The molecule has 4 N–H and O–H groups in total. The standard InChI is InChI=1S/C24H24F2N4O3/c1-30(2)11-12-33-24(32)28-18-7-3-15(4-8-18)23(31)29-22-13-16(5-10-21(22)27)19-9-6-17(25)14-20(19)26/h3-10,13-14H,11-12,27H2,1-2H3,(H,28,32)(H,29,31). The van der Waals surface area contributed by atoms with Crippen molar-refractivity contribution in [2.24, 2.45) is 0 Å². The van der Waals surface area contributed by atoms with Gasteiger partial charge in [0.1, 0.15) is 18.2 Å². The van der Waals surface area contributed by atoms with Gasteiger partial charge in [0.25, 0.3) is 5.91 Å². The third kappa shape index (κ3) is 6.50. The van der Waals surface area contributed by atoms with Crippen LogP contribution in [0.1, 0.15) is 10.4 Å². The fraction of sp³-hybridized carbons (Fsp3) is 0.167. The van der Waals surface area contributed by atoms with E-state index in [1.807, 2.05) is 19.0 Å². The lowest BCUT2D eigenvalue weighted by Crippen LogP contribution is -2.22. The van der Waals surface area contributed by atoms with Crippen molar-refractivity contribution >= 4 is 29.1 Å². The van der Waals surface area contributed by atoms with Crippen molar-refractivity contribution in [2.45, 2.75) is 0 Å². The number of amides is 2. The van der Waals surface area contributed by atoms with Crippen LogP contribution in [0.3, 0.4) is 0 Å². The van der Waals surface area contributed by atoms with Gasteiger partial charge in [0.15, 0.2) is 0 Å².